The number of pyridine rings is 1. The molecule has 132 valence electrons. The van der Waals surface area contributed by atoms with E-state index >= 15 is 0 Å². The molecule has 0 radical (unpaired) electrons. The maximum Gasteiger partial charge on any atom is 0.408 e. The van der Waals surface area contributed by atoms with E-state index in [-0.39, 0.29) is 25.7 Å². The van der Waals surface area contributed by atoms with E-state index in [1.807, 2.05) is 6.92 Å². The number of amides is 1. The van der Waals surface area contributed by atoms with Crippen molar-refractivity contribution in [3.05, 3.63) is 29.1 Å². The van der Waals surface area contributed by atoms with E-state index in [2.05, 4.69) is 22.1 Å². The van der Waals surface area contributed by atoms with Gasteiger partial charge in [0.25, 0.3) is 0 Å². The minimum atomic E-state index is -0.616. The second-order valence-corrected chi connectivity index (χ2v) is 5.30. The average molecular weight is 342 g/mol. The fourth-order valence-corrected chi connectivity index (χ4v) is 1.95. The zero-order valence-electron chi connectivity index (χ0n) is 14.3. The number of unbranched alkanes of at least 4 members (excludes halogenated alkanes) is 2. The number of alkyl carbamates (subject to hydrolysis) is 1. The number of ether oxygens (including phenoxy) is 2. The van der Waals surface area contributed by atoms with Gasteiger partial charge in [-0.25, -0.2) is 4.79 Å². The first-order valence-electron chi connectivity index (χ1n) is 7.94. The standard InChI is InChI=1S/C19H22N2O4/c1-4-6-7-8-9-18(22)24-13-16-11-15(3)21-12-17(16)14-25-19(23)20-10-5-2/h1-2,11-12H,6-10,13-14H2,3H3,(H,20,23). The van der Waals surface area contributed by atoms with E-state index in [0.29, 0.717) is 24.8 Å². The Morgan fingerprint density at radius 2 is 1.92 bits per heavy atom. The summed E-state index contributed by atoms with van der Waals surface area (Å²) in [5.74, 6) is 4.53. The number of aromatic nitrogens is 1. The summed E-state index contributed by atoms with van der Waals surface area (Å²) in [4.78, 5) is 27.4. The molecule has 0 aliphatic heterocycles. The van der Waals surface area contributed by atoms with Crippen LogP contribution in [0.2, 0.25) is 0 Å². The van der Waals surface area contributed by atoms with Crippen LogP contribution in [0.15, 0.2) is 12.3 Å². The van der Waals surface area contributed by atoms with Crippen molar-refractivity contribution in [1.82, 2.24) is 10.3 Å². The van der Waals surface area contributed by atoms with Crippen LogP contribution in [0, 0.1) is 31.6 Å². The van der Waals surface area contributed by atoms with Crippen LogP contribution in [0.1, 0.15) is 42.5 Å². The van der Waals surface area contributed by atoms with Gasteiger partial charge in [0.2, 0.25) is 0 Å². The number of terminal acetylenes is 2. The van der Waals surface area contributed by atoms with Gasteiger partial charge in [0.05, 0.1) is 6.54 Å². The summed E-state index contributed by atoms with van der Waals surface area (Å²) in [5.41, 5.74) is 2.19. The first-order chi connectivity index (χ1) is 12.1. The smallest absolute Gasteiger partial charge is 0.408 e. The Bertz CT molecular complexity index is 671. The van der Waals surface area contributed by atoms with E-state index < -0.39 is 6.09 Å². The number of hydrogen-bond donors (Lipinski definition) is 1. The first-order valence-corrected chi connectivity index (χ1v) is 7.94. The van der Waals surface area contributed by atoms with Crippen LogP contribution in [0.3, 0.4) is 0 Å². The molecule has 1 rings (SSSR count). The number of nitrogens with zero attached hydrogens (tertiary/aromatic N) is 1. The predicted molar refractivity (Wildman–Crippen MR) is 93.1 cm³/mol. The van der Waals surface area contributed by atoms with Crippen molar-refractivity contribution < 1.29 is 19.1 Å². The maximum absolute atomic E-state index is 11.8. The number of carbonyl (C=O) groups is 2. The number of hydrogen-bond acceptors (Lipinski definition) is 5. The van der Waals surface area contributed by atoms with Gasteiger partial charge in [0.1, 0.15) is 13.2 Å². The van der Waals surface area contributed by atoms with Gasteiger partial charge in [-0.3, -0.25) is 9.78 Å². The second kappa shape index (κ2) is 11.5. The molecule has 0 unspecified atom stereocenters. The molecule has 0 fully saturated rings. The van der Waals surface area contributed by atoms with Crippen molar-refractivity contribution in [2.45, 2.75) is 45.8 Å². The third kappa shape index (κ3) is 8.43. The van der Waals surface area contributed by atoms with Gasteiger partial charge in [-0.1, -0.05) is 5.92 Å². The first kappa shape index (κ1) is 20.1. The number of carbonyl (C=O) groups excluding carboxylic acids is 2. The van der Waals surface area contributed by atoms with Gasteiger partial charge in [0.15, 0.2) is 0 Å². The molecule has 1 heterocycles. The third-order valence-electron chi connectivity index (χ3n) is 3.25. The largest absolute Gasteiger partial charge is 0.461 e. The fourth-order valence-electron chi connectivity index (χ4n) is 1.95. The van der Waals surface area contributed by atoms with Crippen molar-refractivity contribution >= 4 is 12.1 Å². The summed E-state index contributed by atoms with van der Waals surface area (Å²) in [7, 11) is 0. The molecular formula is C19H22N2O4. The molecular weight excluding hydrogens is 320 g/mol. The summed E-state index contributed by atoms with van der Waals surface area (Å²) >= 11 is 0. The number of esters is 1. The Labute approximate surface area is 148 Å². The lowest BCUT2D eigenvalue weighted by atomic mass is 10.1. The zero-order valence-corrected chi connectivity index (χ0v) is 14.3. The molecule has 0 aliphatic rings. The van der Waals surface area contributed by atoms with Crippen LogP contribution in [0.25, 0.3) is 0 Å². The van der Waals surface area contributed by atoms with E-state index in [1.54, 1.807) is 12.3 Å². The molecule has 6 heteroatoms. The highest BCUT2D eigenvalue weighted by Gasteiger charge is 2.10. The van der Waals surface area contributed by atoms with Crippen molar-refractivity contribution in [2.75, 3.05) is 6.54 Å². The minimum absolute atomic E-state index is 0.0126. The topological polar surface area (TPSA) is 77.5 Å². The summed E-state index contributed by atoms with van der Waals surface area (Å²) in [5, 5.41) is 2.40. The Hall–Kier alpha value is -2.99. The fraction of sp³-hybridized carbons (Fsp3) is 0.421. The van der Waals surface area contributed by atoms with Crippen LogP contribution in [-0.4, -0.2) is 23.6 Å². The Balaban J connectivity index is 2.53. The molecule has 6 nitrogen and oxygen atoms in total. The van der Waals surface area contributed by atoms with Crippen molar-refractivity contribution in [3.8, 4) is 24.7 Å². The SMILES string of the molecule is C#CCCCCC(=O)OCc1cc(C)ncc1COC(=O)NCC#C. The lowest BCUT2D eigenvalue weighted by Gasteiger charge is -2.11. The van der Waals surface area contributed by atoms with Gasteiger partial charge >= 0.3 is 12.1 Å². The lowest BCUT2D eigenvalue weighted by molar-refractivity contribution is -0.145. The summed E-state index contributed by atoms with van der Waals surface area (Å²) < 4.78 is 10.3. The molecule has 1 N–H and O–H groups in total. The summed E-state index contributed by atoms with van der Waals surface area (Å²) in [6.07, 6.45) is 13.7. The monoisotopic (exact) mass is 342 g/mol. The summed E-state index contributed by atoms with van der Waals surface area (Å²) in [6.45, 7) is 2.03. The van der Waals surface area contributed by atoms with E-state index in [4.69, 9.17) is 22.3 Å². The average Bonchev–Trinajstić information content (AvgIpc) is 2.61. The van der Waals surface area contributed by atoms with Gasteiger partial charge in [0, 0.05) is 30.3 Å². The highest BCUT2D eigenvalue weighted by Crippen LogP contribution is 2.13. The Morgan fingerprint density at radius 3 is 2.64 bits per heavy atom. The quantitative estimate of drug-likeness (QED) is 0.424. The van der Waals surface area contributed by atoms with E-state index in [0.717, 1.165) is 17.7 Å². The number of aryl methyl sites for hydroxylation is 1. The molecule has 0 saturated carbocycles. The van der Waals surface area contributed by atoms with Crippen LogP contribution < -0.4 is 5.32 Å². The molecule has 25 heavy (non-hydrogen) atoms. The third-order valence-corrected chi connectivity index (χ3v) is 3.25. The predicted octanol–water partition coefficient (Wildman–Crippen LogP) is 2.49. The van der Waals surface area contributed by atoms with Crippen molar-refractivity contribution in [1.29, 1.82) is 0 Å². The van der Waals surface area contributed by atoms with Crippen LogP contribution in [-0.2, 0) is 27.5 Å². The zero-order chi connectivity index (χ0) is 18.5. The van der Waals surface area contributed by atoms with E-state index in [9.17, 15) is 9.59 Å². The Morgan fingerprint density at radius 1 is 1.16 bits per heavy atom. The molecule has 1 aromatic rings. The normalized spacial score (nSPS) is 9.56. The van der Waals surface area contributed by atoms with Crippen LogP contribution in [0.4, 0.5) is 4.79 Å². The molecule has 0 atom stereocenters. The maximum atomic E-state index is 11.8. The van der Waals surface area contributed by atoms with Crippen molar-refractivity contribution in [2.24, 2.45) is 0 Å². The van der Waals surface area contributed by atoms with E-state index in [1.165, 1.54) is 0 Å². The Kier molecular flexibility index (Phi) is 9.25. The molecule has 0 saturated heterocycles. The molecule has 0 aliphatic carbocycles. The minimum Gasteiger partial charge on any atom is -0.461 e. The van der Waals surface area contributed by atoms with Gasteiger partial charge < -0.3 is 14.8 Å². The molecule has 1 aromatic heterocycles. The van der Waals surface area contributed by atoms with Crippen molar-refractivity contribution in [3.63, 3.8) is 0 Å². The molecule has 0 bridgehead atoms. The van der Waals surface area contributed by atoms with Crippen LogP contribution in [0.5, 0.6) is 0 Å². The second-order valence-electron chi connectivity index (χ2n) is 5.30. The molecule has 0 aromatic carbocycles. The van der Waals surface area contributed by atoms with Crippen LogP contribution >= 0.6 is 0 Å². The van der Waals surface area contributed by atoms with Gasteiger partial charge in [-0.05, 0) is 31.4 Å². The molecule has 1 amide bonds. The molecule has 0 spiro atoms. The summed E-state index contributed by atoms with van der Waals surface area (Å²) in [6, 6.07) is 1.80. The lowest BCUT2D eigenvalue weighted by Crippen LogP contribution is -2.24. The number of rotatable bonds is 9. The highest BCUT2D eigenvalue weighted by molar-refractivity contribution is 5.69. The highest BCUT2D eigenvalue weighted by atomic mass is 16.5. The number of nitrogens with one attached hydrogen (secondary N) is 1. The van der Waals surface area contributed by atoms with Gasteiger partial charge in [-0.15, -0.1) is 18.8 Å². The van der Waals surface area contributed by atoms with Gasteiger partial charge in [-0.2, -0.15) is 0 Å².